The Morgan fingerprint density at radius 2 is 2.00 bits per heavy atom. The highest BCUT2D eigenvalue weighted by molar-refractivity contribution is 6.28. The SMILES string of the molecule is [B][C@@]1(n2c(C)nc3ccc(C)cc3c2=O)CCCC(=O)NC1=O. The molecule has 1 aromatic heterocycles. The van der Waals surface area contributed by atoms with Gasteiger partial charge in [-0.15, -0.1) is 0 Å². The Hall–Kier alpha value is -2.44. The average Bonchev–Trinajstić information content (AvgIpc) is 2.59. The van der Waals surface area contributed by atoms with E-state index in [1.165, 1.54) is 4.57 Å². The highest BCUT2D eigenvalue weighted by Crippen LogP contribution is 2.24. The topological polar surface area (TPSA) is 81.1 Å². The van der Waals surface area contributed by atoms with Crippen molar-refractivity contribution < 1.29 is 9.59 Å². The molecule has 1 atom stereocenters. The summed E-state index contributed by atoms with van der Waals surface area (Å²) in [7, 11) is 6.28. The van der Waals surface area contributed by atoms with Crippen molar-refractivity contribution in [2.45, 2.75) is 38.5 Å². The van der Waals surface area contributed by atoms with Gasteiger partial charge in [-0.2, -0.15) is 0 Å². The Morgan fingerprint density at radius 1 is 1.26 bits per heavy atom. The predicted octanol–water partition coefficient (Wildman–Crippen LogP) is 0.661. The van der Waals surface area contributed by atoms with Gasteiger partial charge in [-0.3, -0.25) is 24.3 Å². The molecule has 0 bridgehead atoms. The molecule has 0 saturated carbocycles. The number of nitrogens with one attached hydrogen (secondary N) is 1. The van der Waals surface area contributed by atoms with Crippen molar-refractivity contribution in [1.29, 1.82) is 0 Å². The van der Waals surface area contributed by atoms with Crippen LogP contribution >= 0.6 is 0 Å². The molecule has 6 nitrogen and oxygen atoms in total. The first-order valence-corrected chi connectivity index (χ1v) is 7.46. The quantitative estimate of drug-likeness (QED) is 0.620. The number of benzene rings is 1. The number of carbonyl (C=O) groups is 2. The van der Waals surface area contributed by atoms with E-state index >= 15 is 0 Å². The number of hydrogen-bond donors (Lipinski definition) is 1. The van der Waals surface area contributed by atoms with Crippen molar-refractivity contribution in [3.63, 3.8) is 0 Å². The van der Waals surface area contributed by atoms with Crippen LogP contribution in [-0.4, -0.2) is 29.2 Å². The van der Waals surface area contributed by atoms with Crippen LogP contribution in [-0.2, 0) is 15.0 Å². The molecule has 7 heteroatoms. The summed E-state index contributed by atoms with van der Waals surface area (Å²) in [5.74, 6) is -0.699. The summed E-state index contributed by atoms with van der Waals surface area (Å²) in [6, 6.07) is 5.36. The summed E-state index contributed by atoms with van der Waals surface area (Å²) in [6.45, 7) is 3.51. The van der Waals surface area contributed by atoms with Gasteiger partial charge in [0.2, 0.25) is 11.8 Å². The van der Waals surface area contributed by atoms with E-state index in [1.807, 2.05) is 13.0 Å². The Bertz CT molecular complexity index is 890. The lowest BCUT2D eigenvalue weighted by atomic mass is 9.73. The summed E-state index contributed by atoms with van der Waals surface area (Å²) in [5, 5.41) is 2.66. The Balaban J connectivity index is 2.28. The largest absolute Gasteiger partial charge is 0.295 e. The van der Waals surface area contributed by atoms with E-state index in [9.17, 15) is 14.4 Å². The molecule has 0 aliphatic carbocycles. The minimum atomic E-state index is -1.61. The van der Waals surface area contributed by atoms with Crippen molar-refractivity contribution in [3.8, 4) is 0 Å². The maximum absolute atomic E-state index is 12.9. The Kier molecular flexibility index (Phi) is 3.58. The molecular weight excluding hydrogens is 293 g/mol. The number of hydrogen-bond acceptors (Lipinski definition) is 4. The van der Waals surface area contributed by atoms with Gasteiger partial charge in [-0.25, -0.2) is 4.98 Å². The monoisotopic (exact) mass is 309 g/mol. The number of aromatic nitrogens is 2. The van der Waals surface area contributed by atoms with Gasteiger partial charge in [0.15, 0.2) is 0 Å². The first-order chi connectivity index (χ1) is 10.8. The lowest BCUT2D eigenvalue weighted by Gasteiger charge is -2.30. The van der Waals surface area contributed by atoms with Gasteiger partial charge >= 0.3 is 0 Å². The normalized spacial score (nSPS) is 22.0. The molecule has 1 aromatic carbocycles. The third-order valence-electron chi connectivity index (χ3n) is 4.20. The highest BCUT2D eigenvalue weighted by Gasteiger charge is 2.39. The Labute approximate surface area is 134 Å². The van der Waals surface area contributed by atoms with Gasteiger partial charge in [0.25, 0.3) is 5.56 Å². The van der Waals surface area contributed by atoms with Crippen LogP contribution in [0.25, 0.3) is 10.9 Å². The summed E-state index contributed by atoms with van der Waals surface area (Å²) < 4.78 is 1.21. The fourth-order valence-electron chi connectivity index (χ4n) is 3.02. The van der Waals surface area contributed by atoms with Crippen molar-refractivity contribution in [2.24, 2.45) is 0 Å². The molecule has 1 aliphatic rings. The molecular formula is C16H16BN3O3. The predicted molar refractivity (Wildman–Crippen MR) is 86.2 cm³/mol. The molecule has 0 unspecified atom stereocenters. The van der Waals surface area contributed by atoms with Crippen LogP contribution in [0, 0.1) is 13.8 Å². The van der Waals surface area contributed by atoms with Crippen LogP contribution in [0.15, 0.2) is 23.0 Å². The van der Waals surface area contributed by atoms with Gasteiger partial charge in [-0.05, 0) is 38.8 Å². The molecule has 1 saturated heterocycles. The molecule has 116 valence electrons. The van der Waals surface area contributed by atoms with Gasteiger partial charge < -0.3 is 0 Å². The lowest BCUT2D eigenvalue weighted by Crippen LogP contribution is -2.54. The summed E-state index contributed by atoms with van der Waals surface area (Å²) in [4.78, 5) is 41.3. The minimum absolute atomic E-state index is 0.199. The molecule has 1 N–H and O–H groups in total. The first kappa shape index (κ1) is 15.5. The van der Waals surface area contributed by atoms with Crippen molar-refractivity contribution in [1.82, 2.24) is 14.9 Å². The highest BCUT2D eigenvalue weighted by atomic mass is 16.2. The van der Waals surface area contributed by atoms with E-state index in [0.717, 1.165) is 5.56 Å². The van der Waals surface area contributed by atoms with E-state index in [1.54, 1.807) is 19.1 Å². The van der Waals surface area contributed by atoms with Gasteiger partial charge in [0, 0.05) is 6.42 Å². The molecule has 2 radical (unpaired) electrons. The molecule has 2 amide bonds. The second-order valence-electron chi connectivity index (χ2n) is 5.98. The second-order valence-corrected chi connectivity index (χ2v) is 5.98. The summed E-state index contributed by atoms with van der Waals surface area (Å²) in [6.07, 6.45) is 0.828. The van der Waals surface area contributed by atoms with E-state index < -0.39 is 11.3 Å². The molecule has 1 fully saturated rings. The minimum Gasteiger partial charge on any atom is -0.295 e. The number of fused-ring (bicyclic) bond motifs is 1. The number of nitrogens with zero attached hydrogens (tertiary/aromatic N) is 2. The van der Waals surface area contributed by atoms with E-state index in [-0.39, 0.29) is 24.3 Å². The standard InChI is InChI=1S/C16H16BN3O3/c1-9-5-6-12-11(8-9)14(22)20(10(2)18-12)16(17)7-3-4-13(21)19-15(16)23/h5-6,8H,3-4,7H2,1-2H3,(H,19,21,23)/t16-/m1/s1. The maximum atomic E-state index is 12.9. The second kappa shape index (κ2) is 5.33. The number of carbonyl (C=O) groups excluding carboxylic acids is 2. The lowest BCUT2D eigenvalue weighted by molar-refractivity contribution is -0.132. The van der Waals surface area contributed by atoms with E-state index in [4.69, 9.17) is 7.85 Å². The molecule has 0 spiro atoms. The number of aryl methyl sites for hydroxylation is 2. The average molecular weight is 309 g/mol. The van der Waals surface area contributed by atoms with Crippen molar-refractivity contribution >= 4 is 30.6 Å². The van der Waals surface area contributed by atoms with Crippen LogP contribution in [0.3, 0.4) is 0 Å². The van der Waals surface area contributed by atoms with Crippen LogP contribution < -0.4 is 10.9 Å². The van der Waals surface area contributed by atoms with E-state index in [2.05, 4.69) is 10.3 Å². The molecule has 2 aromatic rings. The van der Waals surface area contributed by atoms with Gasteiger partial charge in [-0.1, -0.05) is 11.6 Å². The summed E-state index contributed by atoms with van der Waals surface area (Å²) in [5.41, 5.74) is -0.511. The van der Waals surface area contributed by atoms with Crippen LogP contribution in [0.5, 0.6) is 0 Å². The van der Waals surface area contributed by atoms with Crippen LogP contribution in [0.4, 0.5) is 0 Å². The van der Waals surface area contributed by atoms with Crippen molar-refractivity contribution in [2.75, 3.05) is 0 Å². The zero-order valence-electron chi connectivity index (χ0n) is 13.0. The van der Waals surface area contributed by atoms with Crippen LogP contribution in [0.1, 0.15) is 30.7 Å². The number of imide groups is 1. The van der Waals surface area contributed by atoms with E-state index in [0.29, 0.717) is 23.1 Å². The molecule has 23 heavy (non-hydrogen) atoms. The zero-order chi connectivity index (χ0) is 16.8. The fraction of sp³-hybridized carbons (Fsp3) is 0.375. The molecule has 3 rings (SSSR count). The van der Waals surface area contributed by atoms with Crippen molar-refractivity contribution in [3.05, 3.63) is 39.9 Å². The zero-order valence-corrected chi connectivity index (χ0v) is 13.0. The molecule has 2 heterocycles. The fourth-order valence-corrected chi connectivity index (χ4v) is 3.02. The molecule has 1 aliphatic heterocycles. The number of rotatable bonds is 1. The summed E-state index contributed by atoms with van der Waals surface area (Å²) >= 11 is 0. The van der Waals surface area contributed by atoms with Gasteiger partial charge in [0.1, 0.15) is 13.7 Å². The van der Waals surface area contributed by atoms with Gasteiger partial charge in [0.05, 0.1) is 16.3 Å². The number of amides is 2. The third kappa shape index (κ3) is 2.46. The third-order valence-corrected chi connectivity index (χ3v) is 4.20. The smallest absolute Gasteiger partial charge is 0.261 e. The maximum Gasteiger partial charge on any atom is 0.261 e. The Morgan fingerprint density at radius 3 is 2.74 bits per heavy atom. The van der Waals surface area contributed by atoms with Crippen LogP contribution in [0.2, 0.25) is 0 Å². The first-order valence-electron chi connectivity index (χ1n) is 7.46.